The highest BCUT2D eigenvalue weighted by Gasteiger charge is 2.17. The molecule has 0 fully saturated rings. The van der Waals surface area contributed by atoms with E-state index in [1.165, 1.54) is 12.1 Å². The first-order valence-corrected chi connectivity index (χ1v) is 10.7. The van der Waals surface area contributed by atoms with Crippen molar-refractivity contribution in [3.05, 3.63) is 80.4 Å². The molecule has 3 aromatic rings. The van der Waals surface area contributed by atoms with Gasteiger partial charge in [-0.1, -0.05) is 32.3 Å². The number of nitro benzene ring substituents is 2. The van der Waals surface area contributed by atoms with Crippen molar-refractivity contribution in [2.75, 3.05) is 0 Å². The third-order valence-corrected chi connectivity index (χ3v) is 5.07. The molecule has 0 saturated carbocycles. The van der Waals surface area contributed by atoms with Crippen LogP contribution in [0.3, 0.4) is 0 Å². The number of rotatable bonds is 11. The van der Waals surface area contributed by atoms with E-state index in [1.54, 1.807) is 12.1 Å². The number of phenolic OH excluding ortho intramolecular Hbond substituents is 2. The van der Waals surface area contributed by atoms with Crippen LogP contribution in [0.15, 0.2) is 54.6 Å². The maximum Gasteiger partial charge on any atom is 0.310 e. The summed E-state index contributed by atoms with van der Waals surface area (Å²) in [5.41, 5.74) is 0.0820. The molecule has 3 rings (SSSR count). The second-order valence-corrected chi connectivity index (χ2v) is 7.61. The van der Waals surface area contributed by atoms with Crippen molar-refractivity contribution in [1.82, 2.24) is 0 Å². The normalized spacial score (nSPS) is 10.6. The van der Waals surface area contributed by atoms with Crippen LogP contribution in [-0.2, 0) is 6.42 Å². The average molecular weight is 468 g/mol. The Morgan fingerprint density at radius 3 is 1.79 bits per heavy atom. The van der Waals surface area contributed by atoms with Gasteiger partial charge in [-0.15, -0.1) is 0 Å². The van der Waals surface area contributed by atoms with Crippen molar-refractivity contribution in [2.45, 2.75) is 39.0 Å². The second-order valence-electron chi connectivity index (χ2n) is 7.61. The van der Waals surface area contributed by atoms with E-state index in [0.29, 0.717) is 0 Å². The lowest BCUT2D eigenvalue weighted by Gasteiger charge is -2.14. The Morgan fingerprint density at radius 1 is 0.735 bits per heavy atom. The summed E-state index contributed by atoms with van der Waals surface area (Å²) in [5.74, 6) is -0.251. The van der Waals surface area contributed by atoms with Gasteiger partial charge in [0.1, 0.15) is 11.5 Å². The van der Waals surface area contributed by atoms with Crippen LogP contribution < -0.4 is 9.47 Å². The molecule has 0 atom stereocenters. The largest absolute Gasteiger partial charge is 0.502 e. The lowest BCUT2D eigenvalue weighted by atomic mass is 10.1. The zero-order valence-electron chi connectivity index (χ0n) is 18.5. The zero-order valence-corrected chi connectivity index (χ0v) is 18.5. The van der Waals surface area contributed by atoms with Gasteiger partial charge in [0, 0.05) is 24.3 Å². The van der Waals surface area contributed by atoms with Gasteiger partial charge < -0.3 is 19.7 Å². The van der Waals surface area contributed by atoms with E-state index in [0.717, 1.165) is 61.9 Å². The molecule has 10 heteroatoms. The highest BCUT2D eigenvalue weighted by atomic mass is 16.6. The Kier molecular flexibility index (Phi) is 7.86. The number of benzene rings is 3. The summed E-state index contributed by atoms with van der Waals surface area (Å²) in [7, 11) is 0. The molecule has 0 aliphatic rings. The van der Waals surface area contributed by atoms with Gasteiger partial charge in [-0.2, -0.15) is 0 Å². The zero-order chi connectivity index (χ0) is 24.7. The molecule has 34 heavy (non-hydrogen) atoms. The molecule has 0 amide bonds. The van der Waals surface area contributed by atoms with Crippen LogP contribution in [0, 0.1) is 20.2 Å². The van der Waals surface area contributed by atoms with Gasteiger partial charge in [-0.3, -0.25) is 20.2 Å². The molecule has 0 aliphatic carbocycles. The van der Waals surface area contributed by atoms with Crippen LogP contribution in [0.4, 0.5) is 11.4 Å². The molecule has 0 aromatic heterocycles. The summed E-state index contributed by atoms with van der Waals surface area (Å²) >= 11 is 0. The average Bonchev–Trinajstić information content (AvgIpc) is 2.78. The molecule has 0 spiro atoms. The van der Waals surface area contributed by atoms with E-state index in [4.69, 9.17) is 9.47 Å². The minimum Gasteiger partial charge on any atom is -0.502 e. The smallest absolute Gasteiger partial charge is 0.310 e. The number of ether oxygens (including phenoxy) is 2. The first-order chi connectivity index (χ1) is 16.3. The molecule has 0 unspecified atom stereocenters. The lowest BCUT2D eigenvalue weighted by Crippen LogP contribution is -1.95. The summed E-state index contributed by atoms with van der Waals surface area (Å²) < 4.78 is 11.7. The highest BCUT2D eigenvalue weighted by Crippen LogP contribution is 2.40. The minimum atomic E-state index is -0.706. The number of hydrogen-bond donors (Lipinski definition) is 2. The molecule has 0 radical (unpaired) electrons. The number of aromatic hydroxyl groups is 2. The standard InChI is InChI=1S/C24H24N2O8/c1-2-3-4-5-6-16-7-12-23(33-17-8-10-19(25(29)30)21(27)14-17)24(13-16)34-18-9-11-20(26(31)32)22(28)15-18/h7-15,27-28H,2-6H2,1H3. The quantitative estimate of drug-likeness (QED) is 0.181. The lowest BCUT2D eigenvalue weighted by molar-refractivity contribution is -0.386. The van der Waals surface area contributed by atoms with E-state index in [1.807, 2.05) is 6.07 Å². The molecule has 10 nitrogen and oxygen atoms in total. The molecular formula is C24H24N2O8. The predicted octanol–water partition coefficient (Wildman–Crippen LogP) is 6.62. The summed E-state index contributed by atoms with van der Waals surface area (Å²) in [6.45, 7) is 2.13. The summed E-state index contributed by atoms with van der Waals surface area (Å²) in [4.78, 5) is 20.5. The van der Waals surface area contributed by atoms with E-state index in [-0.39, 0.29) is 23.0 Å². The van der Waals surface area contributed by atoms with E-state index < -0.39 is 32.7 Å². The molecular weight excluding hydrogens is 444 g/mol. The van der Waals surface area contributed by atoms with Crippen molar-refractivity contribution in [1.29, 1.82) is 0 Å². The monoisotopic (exact) mass is 468 g/mol. The van der Waals surface area contributed by atoms with Gasteiger partial charge in [0.05, 0.1) is 9.85 Å². The molecule has 0 bridgehead atoms. The van der Waals surface area contributed by atoms with E-state index in [2.05, 4.69) is 6.92 Å². The number of unbranched alkanes of at least 4 members (excludes halogenated alkanes) is 3. The number of nitrogens with zero attached hydrogens (tertiary/aromatic N) is 2. The van der Waals surface area contributed by atoms with E-state index >= 15 is 0 Å². The van der Waals surface area contributed by atoms with Gasteiger partial charge in [-0.05, 0) is 42.7 Å². The van der Waals surface area contributed by atoms with Crippen molar-refractivity contribution in [2.24, 2.45) is 0 Å². The first kappa shape index (κ1) is 24.3. The van der Waals surface area contributed by atoms with Gasteiger partial charge in [0.2, 0.25) is 0 Å². The summed E-state index contributed by atoms with van der Waals surface area (Å²) in [6, 6.07) is 12.5. The number of aryl methyl sites for hydroxylation is 1. The number of hydrogen-bond acceptors (Lipinski definition) is 8. The van der Waals surface area contributed by atoms with Crippen LogP contribution in [0.2, 0.25) is 0 Å². The molecule has 3 aromatic carbocycles. The van der Waals surface area contributed by atoms with Gasteiger partial charge in [0.15, 0.2) is 23.0 Å². The highest BCUT2D eigenvalue weighted by molar-refractivity contribution is 5.54. The fourth-order valence-electron chi connectivity index (χ4n) is 3.32. The Bertz CT molecular complexity index is 1200. The molecule has 0 saturated heterocycles. The molecule has 0 heterocycles. The van der Waals surface area contributed by atoms with Gasteiger partial charge >= 0.3 is 11.4 Å². The molecule has 0 aliphatic heterocycles. The molecule has 178 valence electrons. The first-order valence-electron chi connectivity index (χ1n) is 10.7. The van der Waals surface area contributed by atoms with Gasteiger partial charge in [0.25, 0.3) is 0 Å². The Morgan fingerprint density at radius 2 is 1.29 bits per heavy atom. The predicted molar refractivity (Wildman–Crippen MR) is 124 cm³/mol. The number of nitro groups is 2. The fourth-order valence-corrected chi connectivity index (χ4v) is 3.32. The Labute approximate surface area is 195 Å². The van der Waals surface area contributed by atoms with Crippen LogP contribution >= 0.6 is 0 Å². The third kappa shape index (κ3) is 6.12. The summed E-state index contributed by atoms with van der Waals surface area (Å²) in [5, 5.41) is 41.7. The summed E-state index contributed by atoms with van der Waals surface area (Å²) in [6.07, 6.45) is 5.13. The van der Waals surface area contributed by atoms with Crippen LogP contribution in [0.1, 0.15) is 38.2 Å². The molecule has 2 N–H and O–H groups in total. The topological polar surface area (TPSA) is 145 Å². The SMILES string of the molecule is CCCCCCc1ccc(Oc2ccc([N+](=O)[O-])c(O)c2)c(Oc2ccc([N+](=O)[O-])c(O)c2)c1. The Balaban J connectivity index is 1.90. The van der Waals surface area contributed by atoms with Crippen molar-refractivity contribution < 1.29 is 29.5 Å². The van der Waals surface area contributed by atoms with Crippen LogP contribution in [0.25, 0.3) is 0 Å². The minimum absolute atomic E-state index is 0.148. The van der Waals surface area contributed by atoms with Gasteiger partial charge in [-0.25, -0.2) is 0 Å². The maximum absolute atomic E-state index is 11.0. The van der Waals surface area contributed by atoms with Crippen LogP contribution in [-0.4, -0.2) is 20.1 Å². The van der Waals surface area contributed by atoms with Crippen LogP contribution in [0.5, 0.6) is 34.5 Å². The maximum atomic E-state index is 11.0. The number of phenols is 2. The van der Waals surface area contributed by atoms with Crippen molar-refractivity contribution in [3.63, 3.8) is 0 Å². The third-order valence-electron chi connectivity index (χ3n) is 5.07. The second kappa shape index (κ2) is 11.0. The van der Waals surface area contributed by atoms with Crippen molar-refractivity contribution >= 4 is 11.4 Å². The fraction of sp³-hybridized carbons (Fsp3) is 0.250. The van der Waals surface area contributed by atoms with E-state index in [9.17, 15) is 30.4 Å². The van der Waals surface area contributed by atoms with Crippen molar-refractivity contribution in [3.8, 4) is 34.5 Å². The Hall–Kier alpha value is -4.34.